The standard InChI is InChI=1S/C10H19Cl2NO4S2/c1-2-10(7-11,8-12)13-19(16,17)9-3-5-18(14,15)6-4-9/h9,13H,2-8H2,1H3. The number of alkyl halides is 2. The summed E-state index contributed by atoms with van der Waals surface area (Å²) in [5.74, 6) is -0.00655. The molecule has 1 rings (SSSR count). The van der Waals surface area contributed by atoms with Gasteiger partial charge in [0.1, 0.15) is 9.84 Å². The van der Waals surface area contributed by atoms with Crippen LogP contribution >= 0.6 is 23.2 Å². The Bertz CT molecular complexity index is 477. The Morgan fingerprint density at radius 3 is 2.05 bits per heavy atom. The number of rotatable bonds is 6. The lowest BCUT2D eigenvalue weighted by molar-refractivity contribution is 0.442. The number of halogens is 2. The third-order valence-electron chi connectivity index (χ3n) is 3.49. The van der Waals surface area contributed by atoms with Crippen molar-refractivity contribution < 1.29 is 16.8 Å². The lowest BCUT2D eigenvalue weighted by atomic mass is 10.0. The second-order valence-corrected chi connectivity index (χ2v) is 9.70. The molecule has 0 radical (unpaired) electrons. The number of hydrogen-bond acceptors (Lipinski definition) is 4. The van der Waals surface area contributed by atoms with Crippen LogP contribution in [0.2, 0.25) is 0 Å². The summed E-state index contributed by atoms with van der Waals surface area (Å²) in [7, 11) is -6.69. The fourth-order valence-corrected chi connectivity index (χ4v) is 6.58. The quantitative estimate of drug-likeness (QED) is 0.726. The zero-order chi connectivity index (χ0) is 14.7. The molecule has 0 bridgehead atoms. The molecule has 1 saturated heterocycles. The average Bonchev–Trinajstić information content (AvgIpc) is 2.35. The largest absolute Gasteiger partial charge is 0.229 e. The average molecular weight is 352 g/mol. The van der Waals surface area contributed by atoms with E-state index in [0.29, 0.717) is 6.42 Å². The minimum Gasteiger partial charge on any atom is -0.229 e. The Morgan fingerprint density at radius 2 is 1.68 bits per heavy atom. The van der Waals surface area contributed by atoms with Crippen molar-refractivity contribution in [1.82, 2.24) is 4.72 Å². The molecule has 0 unspecified atom stereocenters. The van der Waals surface area contributed by atoms with Gasteiger partial charge in [0.25, 0.3) is 0 Å². The van der Waals surface area contributed by atoms with E-state index in [1.165, 1.54) is 0 Å². The molecule has 0 aromatic heterocycles. The zero-order valence-electron chi connectivity index (χ0n) is 10.7. The molecule has 0 saturated carbocycles. The summed E-state index contributed by atoms with van der Waals surface area (Å²) in [6, 6.07) is 0. The molecular weight excluding hydrogens is 333 g/mol. The van der Waals surface area contributed by atoms with Crippen LogP contribution in [0.25, 0.3) is 0 Å². The molecule has 0 aromatic rings. The Labute approximate surface area is 125 Å². The number of nitrogens with one attached hydrogen (secondary N) is 1. The predicted octanol–water partition coefficient (Wildman–Crippen LogP) is 1.11. The van der Waals surface area contributed by atoms with Crippen LogP contribution in [-0.2, 0) is 19.9 Å². The third kappa shape index (κ3) is 4.46. The molecular formula is C10H19Cl2NO4S2. The van der Waals surface area contributed by atoms with E-state index in [1.807, 2.05) is 0 Å². The van der Waals surface area contributed by atoms with Gasteiger partial charge < -0.3 is 0 Å². The summed E-state index contributed by atoms with van der Waals surface area (Å²) in [6.45, 7) is 1.80. The van der Waals surface area contributed by atoms with Crippen LogP contribution < -0.4 is 4.72 Å². The minimum atomic E-state index is -3.61. The lowest BCUT2D eigenvalue weighted by Crippen LogP contribution is -2.54. The Morgan fingerprint density at radius 1 is 1.21 bits per heavy atom. The monoisotopic (exact) mass is 351 g/mol. The lowest BCUT2D eigenvalue weighted by Gasteiger charge is -2.32. The molecule has 1 heterocycles. The van der Waals surface area contributed by atoms with E-state index in [9.17, 15) is 16.8 Å². The Balaban J connectivity index is 2.82. The summed E-state index contributed by atoms with van der Waals surface area (Å²) >= 11 is 11.6. The second kappa shape index (κ2) is 6.47. The highest BCUT2D eigenvalue weighted by Crippen LogP contribution is 2.23. The van der Waals surface area contributed by atoms with Crippen molar-refractivity contribution in [3.8, 4) is 0 Å². The molecule has 5 nitrogen and oxygen atoms in total. The molecule has 0 spiro atoms. The first-order valence-corrected chi connectivity index (χ1v) is 10.5. The fourth-order valence-electron chi connectivity index (χ4n) is 1.92. The highest BCUT2D eigenvalue weighted by molar-refractivity contribution is 7.92. The third-order valence-corrected chi connectivity index (χ3v) is 8.29. The molecule has 0 aliphatic carbocycles. The van der Waals surface area contributed by atoms with Crippen molar-refractivity contribution in [3.63, 3.8) is 0 Å². The molecule has 0 amide bonds. The number of sulfone groups is 1. The van der Waals surface area contributed by atoms with Gasteiger partial charge in [-0.05, 0) is 19.3 Å². The second-order valence-electron chi connectivity index (χ2n) is 4.90. The summed E-state index contributed by atoms with van der Waals surface area (Å²) < 4.78 is 49.7. The maximum atomic E-state index is 12.3. The predicted molar refractivity (Wildman–Crippen MR) is 78.2 cm³/mol. The topological polar surface area (TPSA) is 80.3 Å². The molecule has 9 heteroatoms. The smallest absolute Gasteiger partial charge is 0.215 e. The molecule has 0 atom stereocenters. The van der Waals surface area contributed by atoms with Crippen LogP contribution in [0.3, 0.4) is 0 Å². The molecule has 1 fully saturated rings. The van der Waals surface area contributed by atoms with E-state index < -0.39 is 30.6 Å². The minimum absolute atomic E-state index is 0.0806. The Kier molecular flexibility index (Phi) is 5.96. The van der Waals surface area contributed by atoms with Crippen molar-refractivity contribution in [3.05, 3.63) is 0 Å². The van der Waals surface area contributed by atoms with Crippen LogP contribution in [0.15, 0.2) is 0 Å². The summed E-state index contributed by atoms with van der Waals surface area (Å²) in [6.07, 6.45) is 0.730. The molecule has 19 heavy (non-hydrogen) atoms. The zero-order valence-corrected chi connectivity index (χ0v) is 13.9. The maximum Gasteiger partial charge on any atom is 0.215 e. The van der Waals surface area contributed by atoms with Crippen molar-refractivity contribution in [2.45, 2.75) is 37.0 Å². The first kappa shape index (κ1) is 17.5. The molecule has 1 aliphatic rings. The Hall–Kier alpha value is 0.440. The van der Waals surface area contributed by atoms with Crippen LogP contribution in [0, 0.1) is 0 Å². The van der Waals surface area contributed by atoms with Crippen LogP contribution in [0.1, 0.15) is 26.2 Å². The van der Waals surface area contributed by atoms with Gasteiger partial charge in [0.15, 0.2) is 0 Å². The van der Waals surface area contributed by atoms with Gasteiger partial charge in [0.2, 0.25) is 10.0 Å². The van der Waals surface area contributed by atoms with Gasteiger partial charge in [-0.2, -0.15) is 0 Å². The number of hydrogen-bond donors (Lipinski definition) is 1. The summed E-state index contributed by atoms with van der Waals surface area (Å²) in [5.41, 5.74) is -0.863. The SMILES string of the molecule is CCC(CCl)(CCl)NS(=O)(=O)C1CCS(=O)(=O)CC1. The van der Waals surface area contributed by atoms with Crippen LogP contribution in [-0.4, -0.2) is 50.9 Å². The van der Waals surface area contributed by atoms with Gasteiger partial charge in [-0.15, -0.1) is 23.2 Å². The molecule has 1 N–H and O–H groups in total. The number of sulfonamides is 1. The molecule has 1 aliphatic heterocycles. The highest BCUT2D eigenvalue weighted by Gasteiger charge is 2.38. The van der Waals surface area contributed by atoms with E-state index >= 15 is 0 Å². The first-order valence-electron chi connectivity index (χ1n) is 6.05. The van der Waals surface area contributed by atoms with Gasteiger partial charge in [-0.25, -0.2) is 21.6 Å². The van der Waals surface area contributed by atoms with Crippen molar-refractivity contribution in [2.24, 2.45) is 0 Å². The van der Waals surface area contributed by atoms with Crippen molar-refractivity contribution in [1.29, 1.82) is 0 Å². The van der Waals surface area contributed by atoms with E-state index in [-0.39, 0.29) is 36.1 Å². The van der Waals surface area contributed by atoms with E-state index in [4.69, 9.17) is 23.2 Å². The van der Waals surface area contributed by atoms with Crippen molar-refractivity contribution in [2.75, 3.05) is 23.3 Å². The van der Waals surface area contributed by atoms with Gasteiger partial charge in [-0.3, -0.25) is 0 Å². The summed E-state index contributed by atoms with van der Waals surface area (Å²) in [4.78, 5) is 0. The maximum absolute atomic E-state index is 12.3. The highest BCUT2D eigenvalue weighted by atomic mass is 35.5. The first-order chi connectivity index (χ1) is 8.70. The van der Waals surface area contributed by atoms with Gasteiger partial charge in [0, 0.05) is 11.8 Å². The van der Waals surface area contributed by atoms with E-state index in [1.54, 1.807) is 6.92 Å². The van der Waals surface area contributed by atoms with E-state index in [0.717, 1.165) is 0 Å². The normalized spacial score (nSPS) is 21.4. The van der Waals surface area contributed by atoms with Gasteiger partial charge in [-0.1, -0.05) is 6.92 Å². The summed E-state index contributed by atoms with van der Waals surface area (Å²) in [5, 5.41) is -0.687. The van der Waals surface area contributed by atoms with Crippen LogP contribution in [0.4, 0.5) is 0 Å². The van der Waals surface area contributed by atoms with Crippen molar-refractivity contribution >= 4 is 43.1 Å². The molecule has 114 valence electrons. The van der Waals surface area contributed by atoms with Crippen LogP contribution in [0.5, 0.6) is 0 Å². The molecule has 0 aromatic carbocycles. The fraction of sp³-hybridized carbons (Fsp3) is 1.00. The van der Waals surface area contributed by atoms with Gasteiger partial charge >= 0.3 is 0 Å². The van der Waals surface area contributed by atoms with Gasteiger partial charge in [0.05, 0.1) is 22.3 Å². The van der Waals surface area contributed by atoms with E-state index in [2.05, 4.69) is 4.72 Å².